The van der Waals surface area contributed by atoms with Crippen molar-refractivity contribution in [3.8, 4) is 23.1 Å². The predicted molar refractivity (Wildman–Crippen MR) is 121 cm³/mol. The van der Waals surface area contributed by atoms with Crippen LogP contribution in [0.1, 0.15) is 5.56 Å². The van der Waals surface area contributed by atoms with Gasteiger partial charge in [-0.15, -0.1) is 0 Å². The predicted octanol–water partition coefficient (Wildman–Crippen LogP) is 4.51. The molecule has 0 fully saturated rings. The number of rotatable bonds is 5. The molecule has 4 rings (SSSR count). The summed E-state index contributed by atoms with van der Waals surface area (Å²) in [6.45, 7) is 0. The molecule has 0 bridgehead atoms. The molecule has 0 unspecified atom stereocenters. The van der Waals surface area contributed by atoms with Crippen LogP contribution in [0.5, 0.6) is 17.4 Å². The number of fused-ring (bicyclic) bond motifs is 1. The fourth-order valence-electron chi connectivity index (χ4n) is 3.26. The van der Waals surface area contributed by atoms with E-state index < -0.39 is 5.56 Å². The maximum Gasteiger partial charge on any atom is 0.265 e. The summed E-state index contributed by atoms with van der Waals surface area (Å²) in [5.41, 5.74) is 0.299. The van der Waals surface area contributed by atoms with E-state index in [1.165, 1.54) is 31.2 Å². The fourth-order valence-corrected chi connectivity index (χ4v) is 3.37. The molecule has 0 aliphatic rings. The standard InChI is InChI=1S/C23H18ClN3O4/c1-30-15-8-9-20(31-2)19(11-15)27-22(28)17-6-4-3-5-16(17)18(23(27)29)13-26-21-10-7-14(24)12-25-21/h3-13,29H,1-2H3. The van der Waals surface area contributed by atoms with Gasteiger partial charge in [0.15, 0.2) is 5.82 Å². The van der Waals surface area contributed by atoms with Crippen molar-refractivity contribution in [1.29, 1.82) is 0 Å². The summed E-state index contributed by atoms with van der Waals surface area (Å²) >= 11 is 5.88. The molecule has 0 spiro atoms. The Labute approximate surface area is 182 Å². The lowest BCUT2D eigenvalue weighted by Gasteiger charge is -2.16. The molecule has 0 aliphatic carbocycles. The number of aromatic hydroxyl groups is 1. The molecule has 0 radical (unpaired) electrons. The summed E-state index contributed by atoms with van der Waals surface area (Å²) < 4.78 is 11.9. The van der Waals surface area contributed by atoms with Crippen LogP contribution in [-0.4, -0.2) is 35.1 Å². The van der Waals surface area contributed by atoms with Gasteiger partial charge in [0.2, 0.25) is 5.88 Å². The minimum Gasteiger partial charge on any atom is -0.497 e. The van der Waals surface area contributed by atoms with Crippen LogP contribution in [0, 0.1) is 0 Å². The number of methoxy groups -OCH3 is 2. The molecule has 2 aromatic carbocycles. The lowest BCUT2D eigenvalue weighted by molar-refractivity contribution is 0.395. The van der Waals surface area contributed by atoms with Crippen LogP contribution in [0.15, 0.2) is 70.6 Å². The summed E-state index contributed by atoms with van der Waals surface area (Å²) in [4.78, 5) is 21.8. The average molecular weight is 436 g/mol. The third-order valence-electron chi connectivity index (χ3n) is 4.77. The van der Waals surface area contributed by atoms with E-state index >= 15 is 0 Å². The first-order valence-corrected chi connectivity index (χ1v) is 9.66. The Balaban J connectivity index is 2.00. The topological polar surface area (TPSA) is 85.9 Å². The largest absolute Gasteiger partial charge is 0.497 e. The van der Waals surface area contributed by atoms with Gasteiger partial charge in [-0.05, 0) is 30.3 Å². The Kier molecular flexibility index (Phi) is 5.60. The van der Waals surface area contributed by atoms with Gasteiger partial charge in [0.1, 0.15) is 11.5 Å². The number of ether oxygens (including phenoxy) is 2. The highest BCUT2D eigenvalue weighted by Crippen LogP contribution is 2.32. The summed E-state index contributed by atoms with van der Waals surface area (Å²) in [7, 11) is 3.01. The second-order valence-corrected chi connectivity index (χ2v) is 6.99. The molecular weight excluding hydrogens is 418 g/mol. The van der Waals surface area contributed by atoms with E-state index in [1.54, 1.807) is 54.6 Å². The number of halogens is 1. The zero-order chi connectivity index (χ0) is 22.0. The van der Waals surface area contributed by atoms with Crippen LogP contribution in [0.3, 0.4) is 0 Å². The van der Waals surface area contributed by atoms with Crippen LogP contribution >= 0.6 is 11.6 Å². The van der Waals surface area contributed by atoms with Gasteiger partial charge >= 0.3 is 0 Å². The van der Waals surface area contributed by atoms with Crippen molar-refractivity contribution >= 4 is 34.4 Å². The van der Waals surface area contributed by atoms with Crippen LogP contribution in [-0.2, 0) is 0 Å². The van der Waals surface area contributed by atoms with Gasteiger partial charge in [-0.25, -0.2) is 14.5 Å². The van der Waals surface area contributed by atoms with E-state index in [0.717, 1.165) is 0 Å². The van der Waals surface area contributed by atoms with Crippen LogP contribution in [0.4, 0.5) is 5.82 Å². The fraction of sp³-hybridized carbons (Fsp3) is 0.0870. The monoisotopic (exact) mass is 435 g/mol. The number of pyridine rings is 2. The van der Waals surface area contributed by atoms with E-state index in [4.69, 9.17) is 21.1 Å². The van der Waals surface area contributed by atoms with Gasteiger partial charge in [0.25, 0.3) is 5.56 Å². The number of aliphatic imine (C=N–C) groups is 1. The molecular formula is C23H18ClN3O4. The number of benzene rings is 2. The number of nitrogens with zero attached hydrogens (tertiary/aromatic N) is 3. The molecule has 8 heteroatoms. The van der Waals surface area contributed by atoms with Crippen LogP contribution in [0.25, 0.3) is 16.5 Å². The highest BCUT2D eigenvalue weighted by Gasteiger charge is 2.19. The first-order chi connectivity index (χ1) is 15.0. The Morgan fingerprint density at radius 2 is 1.84 bits per heavy atom. The number of aromatic nitrogens is 2. The molecule has 4 aromatic rings. The Morgan fingerprint density at radius 1 is 1.06 bits per heavy atom. The molecule has 7 nitrogen and oxygen atoms in total. The molecule has 0 saturated carbocycles. The van der Waals surface area contributed by atoms with Gasteiger partial charge in [0.05, 0.1) is 30.5 Å². The third kappa shape index (κ3) is 3.83. The molecule has 0 saturated heterocycles. The van der Waals surface area contributed by atoms with Crippen molar-refractivity contribution < 1.29 is 14.6 Å². The molecule has 0 amide bonds. The zero-order valence-electron chi connectivity index (χ0n) is 16.7. The van der Waals surface area contributed by atoms with E-state index in [1.807, 2.05) is 0 Å². The van der Waals surface area contributed by atoms with E-state index in [-0.39, 0.29) is 5.88 Å². The molecule has 2 aromatic heterocycles. The highest BCUT2D eigenvalue weighted by molar-refractivity contribution is 6.30. The molecule has 0 atom stereocenters. The van der Waals surface area contributed by atoms with Crippen molar-refractivity contribution in [2.24, 2.45) is 4.99 Å². The van der Waals surface area contributed by atoms with Gasteiger partial charge in [-0.1, -0.05) is 29.8 Å². The second kappa shape index (κ2) is 8.49. The summed E-state index contributed by atoms with van der Waals surface area (Å²) in [6, 6.07) is 15.3. The van der Waals surface area contributed by atoms with E-state index in [0.29, 0.717) is 44.4 Å². The molecule has 156 valence electrons. The number of hydrogen-bond donors (Lipinski definition) is 1. The third-order valence-corrected chi connectivity index (χ3v) is 4.99. The number of hydrogen-bond acceptors (Lipinski definition) is 6. The lowest BCUT2D eigenvalue weighted by atomic mass is 10.1. The van der Waals surface area contributed by atoms with Gasteiger partial charge in [-0.2, -0.15) is 0 Å². The zero-order valence-corrected chi connectivity index (χ0v) is 17.5. The van der Waals surface area contributed by atoms with Crippen molar-refractivity contribution in [3.05, 3.63) is 81.7 Å². The van der Waals surface area contributed by atoms with Crippen LogP contribution in [0.2, 0.25) is 5.02 Å². The summed E-state index contributed by atoms with van der Waals surface area (Å²) in [5, 5.41) is 12.6. The van der Waals surface area contributed by atoms with Gasteiger partial charge in [-0.3, -0.25) is 4.79 Å². The minimum absolute atomic E-state index is 0.284. The quantitative estimate of drug-likeness (QED) is 0.466. The first kappa shape index (κ1) is 20.4. The van der Waals surface area contributed by atoms with E-state index in [9.17, 15) is 9.90 Å². The smallest absolute Gasteiger partial charge is 0.265 e. The summed E-state index contributed by atoms with van der Waals surface area (Å²) in [5.74, 6) is 1.03. The maximum atomic E-state index is 13.3. The Morgan fingerprint density at radius 3 is 2.52 bits per heavy atom. The molecule has 1 N–H and O–H groups in total. The highest BCUT2D eigenvalue weighted by atomic mass is 35.5. The Bertz CT molecular complexity index is 1350. The van der Waals surface area contributed by atoms with Crippen molar-refractivity contribution in [2.75, 3.05) is 14.2 Å². The first-order valence-electron chi connectivity index (χ1n) is 9.28. The normalized spacial score (nSPS) is 11.2. The lowest BCUT2D eigenvalue weighted by Crippen LogP contribution is -2.20. The van der Waals surface area contributed by atoms with Crippen molar-refractivity contribution in [2.45, 2.75) is 0 Å². The van der Waals surface area contributed by atoms with Crippen LogP contribution < -0.4 is 15.0 Å². The van der Waals surface area contributed by atoms with Crippen molar-refractivity contribution in [1.82, 2.24) is 9.55 Å². The second-order valence-electron chi connectivity index (χ2n) is 6.55. The average Bonchev–Trinajstić information content (AvgIpc) is 2.80. The minimum atomic E-state index is -0.401. The van der Waals surface area contributed by atoms with Gasteiger partial charge in [0, 0.05) is 29.3 Å². The van der Waals surface area contributed by atoms with E-state index in [2.05, 4.69) is 9.98 Å². The maximum absolute atomic E-state index is 13.3. The summed E-state index contributed by atoms with van der Waals surface area (Å²) in [6.07, 6.45) is 2.95. The molecule has 2 heterocycles. The SMILES string of the molecule is COc1ccc(OC)c(-n2c(O)c(C=Nc3ccc(Cl)cn3)c3ccccc3c2=O)c1. The van der Waals surface area contributed by atoms with Crippen molar-refractivity contribution in [3.63, 3.8) is 0 Å². The Hall–Kier alpha value is -3.84. The van der Waals surface area contributed by atoms with Gasteiger partial charge < -0.3 is 14.6 Å². The molecule has 0 aliphatic heterocycles. The molecule has 31 heavy (non-hydrogen) atoms.